The van der Waals surface area contributed by atoms with Crippen LogP contribution in [0.1, 0.15) is 12.0 Å². The monoisotopic (exact) mass is 238 g/mol. The number of halogens is 1. The minimum atomic E-state index is 0.645. The van der Waals surface area contributed by atoms with E-state index in [0.29, 0.717) is 4.47 Å². The molecule has 0 N–H and O–H groups in total. The van der Waals surface area contributed by atoms with Crippen LogP contribution in [0.25, 0.3) is 10.2 Å². The lowest BCUT2D eigenvalue weighted by Gasteiger charge is -2.27. The molecular formula is C11H11ClN2S. The van der Waals surface area contributed by atoms with Crippen LogP contribution in [-0.4, -0.2) is 18.6 Å². The Kier molecular flexibility index (Phi) is 2.11. The first-order valence-corrected chi connectivity index (χ1v) is 6.24. The number of aromatic nitrogens is 1. The number of hydrogen-bond acceptors (Lipinski definition) is 3. The molecule has 0 aliphatic carbocycles. The highest BCUT2D eigenvalue weighted by Crippen LogP contribution is 2.36. The lowest BCUT2D eigenvalue weighted by Crippen LogP contribution is -2.24. The van der Waals surface area contributed by atoms with Gasteiger partial charge in [0.05, 0.1) is 10.2 Å². The Hall–Kier alpha value is -0.800. The summed E-state index contributed by atoms with van der Waals surface area (Å²) < 4.78 is 1.91. The highest BCUT2D eigenvalue weighted by atomic mass is 35.5. The van der Waals surface area contributed by atoms with Crippen molar-refractivity contribution in [2.45, 2.75) is 12.8 Å². The number of rotatable bonds is 0. The van der Waals surface area contributed by atoms with Crippen molar-refractivity contribution in [3.05, 3.63) is 22.2 Å². The summed E-state index contributed by atoms with van der Waals surface area (Å²) in [5, 5.41) is 0. The molecule has 0 saturated heterocycles. The number of fused-ring (bicyclic) bond motifs is 3. The van der Waals surface area contributed by atoms with Gasteiger partial charge in [-0.05, 0) is 30.5 Å². The van der Waals surface area contributed by atoms with Crippen LogP contribution >= 0.6 is 22.9 Å². The lowest BCUT2D eigenvalue weighted by atomic mass is 10.0. The molecule has 0 saturated carbocycles. The average Bonchev–Trinajstić information content (AvgIpc) is 2.59. The Morgan fingerprint density at radius 1 is 1.47 bits per heavy atom. The van der Waals surface area contributed by atoms with Gasteiger partial charge in [-0.1, -0.05) is 11.6 Å². The quantitative estimate of drug-likeness (QED) is 0.700. The Labute approximate surface area is 97.5 Å². The molecule has 1 aromatic heterocycles. The first-order chi connectivity index (χ1) is 7.25. The highest BCUT2D eigenvalue weighted by molar-refractivity contribution is 7.22. The molecule has 78 valence electrons. The van der Waals surface area contributed by atoms with Gasteiger partial charge in [0.15, 0.2) is 4.47 Å². The third-order valence-corrected chi connectivity index (χ3v) is 4.18. The van der Waals surface area contributed by atoms with Gasteiger partial charge < -0.3 is 4.90 Å². The van der Waals surface area contributed by atoms with Crippen LogP contribution in [0, 0.1) is 0 Å². The summed E-state index contributed by atoms with van der Waals surface area (Å²) in [4.78, 5) is 6.62. The number of benzene rings is 1. The normalized spacial score (nSPS) is 15.7. The summed E-state index contributed by atoms with van der Waals surface area (Å²) in [6, 6.07) is 4.23. The van der Waals surface area contributed by atoms with Crippen molar-refractivity contribution in [2.75, 3.05) is 18.5 Å². The second-order valence-corrected chi connectivity index (χ2v) is 5.48. The number of hydrogen-bond donors (Lipinski definition) is 0. The third kappa shape index (κ3) is 1.42. The molecule has 0 bridgehead atoms. The smallest absolute Gasteiger partial charge is 0.184 e. The Bertz CT molecular complexity index is 521. The molecule has 0 atom stereocenters. The first-order valence-electron chi connectivity index (χ1n) is 5.05. The average molecular weight is 239 g/mol. The van der Waals surface area contributed by atoms with E-state index in [1.807, 2.05) is 0 Å². The van der Waals surface area contributed by atoms with Crippen molar-refractivity contribution in [3.63, 3.8) is 0 Å². The molecule has 1 aliphatic heterocycles. The molecule has 2 heterocycles. The van der Waals surface area contributed by atoms with E-state index in [4.69, 9.17) is 11.6 Å². The molecule has 0 unspecified atom stereocenters. The van der Waals surface area contributed by atoms with E-state index >= 15 is 0 Å². The highest BCUT2D eigenvalue weighted by Gasteiger charge is 2.17. The molecule has 15 heavy (non-hydrogen) atoms. The molecule has 0 radical (unpaired) electrons. The molecule has 1 aliphatic rings. The first kappa shape index (κ1) is 9.43. The van der Waals surface area contributed by atoms with Crippen molar-refractivity contribution >= 4 is 38.8 Å². The van der Waals surface area contributed by atoms with Crippen molar-refractivity contribution < 1.29 is 0 Å². The van der Waals surface area contributed by atoms with Gasteiger partial charge in [-0.2, -0.15) is 0 Å². The van der Waals surface area contributed by atoms with Crippen molar-refractivity contribution in [3.8, 4) is 0 Å². The lowest BCUT2D eigenvalue weighted by molar-refractivity contribution is 0.750. The minimum absolute atomic E-state index is 0.645. The van der Waals surface area contributed by atoms with Gasteiger partial charge in [-0.15, -0.1) is 11.3 Å². The fraction of sp³-hybridized carbons (Fsp3) is 0.364. The maximum atomic E-state index is 5.96. The standard InChI is InChI=1S/C11H11ClN2S/c1-14-6-2-3-7-9(14)5-4-8-10(7)15-11(12)13-8/h4-5H,2-3,6H2,1H3. The van der Waals surface area contributed by atoms with Gasteiger partial charge >= 0.3 is 0 Å². The van der Waals surface area contributed by atoms with Crippen LogP contribution < -0.4 is 4.90 Å². The molecule has 3 rings (SSSR count). The summed E-state index contributed by atoms with van der Waals surface area (Å²) in [6.07, 6.45) is 2.37. The van der Waals surface area contributed by atoms with Crippen LogP contribution in [0.15, 0.2) is 12.1 Å². The van der Waals surface area contributed by atoms with Gasteiger partial charge in [-0.3, -0.25) is 0 Å². The second-order valence-electron chi connectivity index (χ2n) is 3.90. The molecule has 2 aromatic rings. The van der Waals surface area contributed by atoms with Gasteiger partial charge in [0.1, 0.15) is 0 Å². The van der Waals surface area contributed by atoms with Crippen molar-refractivity contribution in [2.24, 2.45) is 0 Å². The minimum Gasteiger partial charge on any atom is -0.374 e. The van der Waals surface area contributed by atoms with Crippen molar-refractivity contribution in [1.82, 2.24) is 4.98 Å². The maximum Gasteiger partial charge on any atom is 0.184 e. The van der Waals surface area contributed by atoms with Gasteiger partial charge in [0, 0.05) is 19.3 Å². The zero-order valence-electron chi connectivity index (χ0n) is 8.46. The van der Waals surface area contributed by atoms with Crippen LogP contribution in [-0.2, 0) is 6.42 Å². The third-order valence-electron chi connectivity index (χ3n) is 2.94. The summed E-state index contributed by atoms with van der Waals surface area (Å²) in [5.41, 5.74) is 3.80. The number of anilines is 1. The predicted octanol–water partition coefficient (Wildman–Crippen LogP) is 3.33. The van der Waals surface area contributed by atoms with E-state index in [9.17, 15) is 0 Å². The Morgan fingerprint density at radius 2 is 2.33 bits per heavy atom. The zero-order valence-corrected chi connectivity index (χ0v) is 10.0. The van der Waals surface area contributed by atoms with Gasteiger partial charge in [-0.25, -0.2) is 4.98 Å². The molecule has 0 amide bonds. The predicted molar refractivity (Wildman–Crippen MR) is 66.2 cm³/mol. The topological polar surface area (TPSA) is 16.1 Å². The summed E-state index contributed by atoms with van der Waals surface area (Å²) in [6.45, 7) is 1.14. The van der Waals surface area contributed by atoms with Crippen LogP contribution in [0.3, 0.4) is 0 Å². The van der Waals surface area contributed by atoms with Crippen LogP contribution in [0.4, 0.5) is 5.69 Å². The van der Waals surface area contributed by atoms with Crippen LogP contribution in [0.5, 0.6) is 0 Å². The van der Waals surface area contributed by atoms with Gasteiger partial charge in [0.25, 0.3) is 0 Å². The zero-order chi connectivity index (χ0) is 10.4. The Balaban J connectivity index is 2.32. The molecule has 0 spiro atoms. The fourth-order valence-corrected chi connectivity index (χ4v) is 3.40. The van der Waals surface area contributed by atoms with Gasteiger partial charge in [0.2, 0.25) is 0 Å². The second kappa shape index (κ2) is 3.35. The Morgan fingerprint density at radius 3 is 3.20 bits per heavy atom. The summed E-state index contributed by atoms with van der Waals surface area (Å²) in [5.74, 6) is 0. The number of aryl methyl sites for hydroxylation is 1. The van der Waals surface area contributed by atoms with E-state index in [1.165, 1.54) is 22.4 Å². The SMILES string of the molecule is CN1CCCc2c1ccc1nc(Cl)sc21. The molecule has 4 heteroatoms. The van der Waals surface area contributed by atoms with E-state index < -0.39 is 0 Å². The molecule has 0 fully saturated rings. The molecule has 1 aromatic carbocycles. The number of nitrogens with zero attached hydrogens (tertiary/aromatic N) is 2. The van der Waals surface area contributed by atoms with E-state index in [2.05, 4.69) is 29.1 Å². The van der Waals surface area contributed by atoms with E-state index in [0.717, 1.165) is 18.5 Å². The van der Waals surface area contributed by atoms with Crippen LogP contribution in [0.2, 0.25) is 4.47 Å². The largest absolute Gasteiger partial charge is 0.374 e. The number of thiazole rings is 1. The van der Waals surface area contributed by atoms with E-state index in [-0.39, 0.29) is 0 Å². The molecule has 2 nitrogen and oxygen atoms in total. The molecular weight excluding hydrogens is 228 g/mol. The summed E-state index contributed by atoms with van der Waals surface area (Å²) >= 11 is 7.55. The van der Waals surface area contributed by atoms with Crippen molar-refractivity contribution in [1.29, 1.82) is 0 Å². The maximum absolute atomic E-state index is 5.96. The summed E-state index contributed by atoms with van der Waals surface area (Å²) in [7, 11) is 2.15. The fourth-order valence-electron chi connectivity index (χ4n) is 2.22. The van der Waals surface area contributed by atoms with E-state index in [1.54, 1.807) is 11.3 Å².